The molecule has 0 aliphatic carbocycles. The fourth-order valence-electron chi connectivity index (χ4n) is 7.51. The summed E-state index contributed by atoms with van der Waals surface area (Å²) in [5.41, 5.74) is 1.71. The summed E-state index contributed by atoms with van der Waals surface area (Å²) in [5.74, 6) is -4.33. The van der Waals surface area contributed by atoms with Crippen molar-refractivity contribution in [2.75, 3.05) is 19.8 Å². The quantitative estimate of drug-likeness (QED) is 0.189. The van der Waals surface area contributed by atoms with Crippen molar-refractivity contribution in [3.8, 4) is 17.2 Å². The van der Waals surface area contributed by atoms with E-state index in [1.165, 1.54) is 27.7 Å². The molecule has 3 aliphatic rings. The summed E-state index contributed by atoms with van der Waals surface area (Å²) in [6.07, 6.45) is -9.53. The van der Waals surface area contributed by atoms with Crippen molar-refractivity contribution < 1.29 is 90.5 Å². The third-order valence-electron chi connectivity index (χ3n) is 9.94. The number of amides is 2. The minimum absolute atomic E-state index is 0.118. The van der Waals surface area contributed by atoms with E-state index >= 15 is 0 Å². The molecule has 0 radical (unpaired) electrons. The number of rotatable bonds is 15. The van der Waals surface area contributed by atoms with Gasteiger partial charge in [-0.1, -0.05) is 18.2 Å². The van der Waals surface area contributed by atoms with Gasteiger partial charge < -0.3 is 62.7 Å². The third kappa shape index (κ3) is 13.3. The SMILES string of the molecule is CC(=O)NC1C(Oc2ccc(C3COc4cc(OC5OC(COC(C)=O)C(OC(C)=O)C(OC(C)=O)C5NC(C)=O)ccc4C3)cc2)OC(COC(C)=O)C(OC(C)=O)C1OC(C)=O. The normalized spacial score (nSPS) is 27.1. The first-order chi connectivity index (χ1) is 30.3. The lowest BCUT2D eigenvalue weighted by Gasteiger charge is -2.44. The molecular formula is C43H52N2O19. The first-order valence-electron chi connectivity index (χ1n) is 20.3. The van der Waals surface area contributed by atoms with E-state index in [9.17, 15) is 38.4 Å². The number of carbonyl (C=O) groups is 8. The molecule has 3 aliphatic heterocycles. The standard InChI is InChI=1S/C43H52N2O19/c1-20(46)44-36-40(59-26(7)52)38(57-24(5)50)34(18-54-22(3)48)63-42(36)61-31-12-9-28(10-13-31)30-15-29-11-14-32(16-33(29)56-17-30)62-43-37(45-21(2)47)41(60-27(8)53)39(58-25(6)51)35(64-43)19-55-23(4)49/h9-14,16,30,34-43H,15,17-19H2,1-8H3,(H,44,46)(H,45,47). The predicted octanol–water partition coefficient (Wildman–Crippen LogP) is 1.48. The highest BCUT2D eigenvalue weighted by Gasteiger charge is 2.53. The second kappa shape index (κ2) is 21.7. The molecule has 0 saturated carbocycles. The maximum absolute atomic E-state index is 12.4. The van der Waals surface area contributed by atoms with Gasteiger partial charge in [0.15, 0.2) is 24.4 Å². The highest BCUT2D eigenvalue weighted by molar-refractivity contribution is 5.74. The summed E-state index contributed by atoms with van der Waals surface area (Å²) in [5, 5.41) is 5.33. The Bertz CT molecular complexity index is 2060. The van der Waals surface area contributed by atoms with Crippen molar-refractivity contribution >= 4 is 47.6 Å². The fourth-order valence-corrected chi connectivity index (χ4v) is 7.51. The van der Waals surface area contributed by atoms with Gasteiger partial charge in [-0.3, -0.25) is 38.4 Å². The molecule has 2 N–H and O–H groups in total. The number of esters is 6. The van der Waals surface area contributed by atoms with Gasteiger partial charge >= 0.3 is 35.8 Å². The second-order valence-corrected chi connectivity index (χ2v) is 15.2. The van der Waals surface area contributed by atoms with Gasteiger partial charge in [0.2, 0.25) is 24.4 Å². The van der Waals surface area contributed by atoms with E-state index in [4.69, 9.17) is 52.1 Å². The minimum atomic E-state index is -1.33. The van der Waals surface area contributed by atoms with E-state index in [1.54, 1.807) is 30.3 Å². The van der Waals surface area contributed by atoms with E-state index < -0.39 is 116 Å². The van der Waals surface area contributed by atoms with Crippen LogP contribution >= 0.6 is 0 Å². The van der Waals surface area contributed by atoms with Crippen LogP contribution in [-0.2, 0) is 82.7 Å². The number of carbonyl (C=O) groups excluding carboxylic acids is 8. The molecule has 348 valence electrons. The number of fused-ring (bicyclic) bond motifs is 1. The molecule has 2 saturated heterocycles. The van der Waals surface area contributed by atoms with Gasteiger partial charge in [0, 0.05) is 67.4 Å². The predicted molar refractivity (Wildman–Crippen MR) is 214 cm³/mol. The largest absolute Gasteiger partial charge is 0.493 e. The topological polar surface area (TPSA) is 262 Å². The lowest BCUT2D eigenvalue weighted by molar-refractivity contribution is -0.257. The average Bonchev–Trinajstić information content (AvgIpc) is 3.20. The molecule has 21 heteroatoms. The lowest BCUT2D eigenvalue weighted by Crippen LogP contribution is -2.67. The summed E-state index contributed by atoms with van der Waals surface area (Å²) in [4.78, 5) is 96.8. The van der Waals surface area contributed by atoms with E-state index in [0.29, 0.717) is 17.9 Å². The zero-order valence-electron chi connectivity index (χ0n) is 36.5. The molecular weight excluding hydrogens is 848 g/mol. The van der Waals surface area contributed by atoms with Gasteiger partial charge in [0.05, 0.1) is 6.61 Å². The zero-order chi connectivity index (χ0) is 46.8. The van der Waals surface area contributed by atoms with Crippen LogP contribution in [0.5, 0.6) is 17.2 Å². The van der Waals surface area contributed by atoms with Crippen molar-refractivity contribution in [2.45, 2.75) is 129 Å². The smallest absolute Gasteiger partial charge is 0.303 e. The molecule has 11 atom stereocenters. The fraction of sp³-hybridized carbons (Fsp3) is 0.535. The Labute approximate surface area is 367 Å². The number of hydrogen-bond donors (Lipinski definition) is 2. The zero-order valence-corrected chi connectivity index (χ0v) is 36.5. The van der Waals surface area contributed by atoms with Crippen molar-refractivity contribution in [3.05, 3.63) is 53.6 Å². The Hall–Kier alpha value is -6.48. The molecule has 0 spiro atoms. The number of ether oxygens (including phenoxy) is 11. The number of nitrogens with one attached hydrogen (secondary N) is 2. The molecule has 21 nitrogen and oxygen atoms in total. The van der Waals surface area contributed by atoms with Crippen molar-refractivity contribution in [3.63, 3.8) is 0 Å². The molecule has 0 aromatic heterocycles. The number of benzene rings is 2. The monoisotopic (exact) mass is 900 g/mol. The van der Waals surface area contributed by atoms with Gasteiger partial charge in [0.25, 0.3) is 0 Å². The number of hydrogen-bond acceptors (Lipinski definition) is 19. The molecule has 5 rings (SSSR count). The lowest BCUT2D eigenvalue weighted by atomic mass is 9.90. The Kier molecular flexibility index (Phi) is 16.5. The molecule has 2 fully saturated rings. The van der Waals surface area contributed by atoms with E-state index in [-0.39, 0.29) is 24.9 Å². The van der Waals surface area contributed by atoms with Gasteiger partial charge in [-0.05, 0) is 35.7 Å². The highest BCUT2D eigenvalue weighted by atomic mass is 16.7. The molecule has 2 aromatic carbocycles. The first-order valence-corrected chi connectivity index (χ1v) is 20.3. The molecule has 0 bridgehead atoms. The molecule has 2 aromatic rings. The van der Waals surface area contributed by atoms with Crippen LogP contribution in [0.2, 0.25) is 0 Å². The average molecular weight is 901 g/mol. The Morgan fingerprint density at radius 2 is 0.969 bits per heavy atom. The highest BCUT2D eigenvalue weighted by Crippen LogP contribution is 2.37. The van der Waals surface area contributed by atoms with Crippen LogP contribution in [-0.4, -0.2) is 129 Å². The molecule has 3 heterocycles. The first kappa shape index (κ1) is 48.6. The van der Waals surface area contributed by atoms with Crippen LogP contribution in [0.25, 0.3) is 0 Å². The Morgan fingerprint density at radius 3 is 1.39 bits per heavy atom. The maximum Gasteiger partial charge on any atom is 0.303 e. The summed E-state index contributed by atoms with van der Waals surface area (Å²) < 4.78 is 63.2. The van der Waals surface area contributed by atoms with Gasteiger partial charge in [-0.15, -0.1) is 0 Å². The Morgan fingerprint density at radius 1 is 0.547 bits per heavy atom. The second-order valence-electron chi connectivity index (χ2n) is 15.2. The molecule has 64 heavy (non-hydrogen) atoms. The van der Waals surface area contributed by atoms with Crippen LogP contribution in [0.1, 0.15) is 72.4 Å². The van der Waals surface area contributed by atoms with Crippen LogP contribution in [0, 0.1) is 0 Å². The molecule has 2 amide bonds. The van der Waals surface area contributed by atoms with Gasteiger partial charge in [-0.25, -0.2) is 0 Å². The minimum Gasteiger partial charge on any atom is -0.493 e. The van der Waals surface area contributed by atoms with Gasteiger partial charge in [0.1, 0.15) is 54.8 Å². The van der Waals surface area contributed by atoms with E-state index in [1.807, 2.05) is 12.1 Å². The van der Waals surface area contributed by atoms with Crippen LogP contribution in [0.15, 0.2) is 42.5 Å². The Balaban J connectivity index is 1.33. The third-order valence-corrected chi connectivity index (χ3v) is 9.94. The van der Waals surface area contributed by atoms with Crippen molar-refractivity contribution in [1.82, 2.24) is 10.6 Å². The van der Waals surface area contributed by atoms with Crippen LogP contribution < -0.4 is 24.8 Å². The summed E-state index contributed by atoms with van der Waals surface area (Å²) in [7, 11) is 0. The van der Waals surface area contributed by atoms with Gasteiger partial charge in [-0.2, -0.15) is 0 Å². The maximum atomic E-state index is 12.4. The summed E-state index contributed by atoms with van der Waals surface area (Å²) >= 11 is 0. The summed E-state index contributed by atoms with van der Waals surface area (Å²) in [6, 6.07) is 9.75. The van der Waals surface area contributed by atoms with Crippen molar-refractivity contribution in [2.24, 2.45) is 0 Å². The van der Waals surface area contributed by atoms with E-state index in [2.05, 4.69) is 10.6 Å². The molecule has 11 unspecified atom stereocenters. The van der Waals surface area contributed by atoms with Crippen LogP contribution in [0.3, 0.4) is 0 Å². The van der Waals surface area contributed by atoms with Crippen molar-refractivity contribution in [1.29, 1.82) is 0 Å². The summed E-state index contributed by atoms with van der Waals surface area (Å²) in [6.45, 7) is 8.91. The van der Waals surface area contributed by atoms with Crippen LogP contribution in [0.4, 0.5) is 0 Å². The van der Waals surface area contributed by atoms with E-state index in [0.717, 1.165) is 38.8 Å².